The van der Waals surface area contributed by atoms with Crippen molar-refractivity contribution in [2.45, 2.75) is 39.0 Å². The standard InChI is InChI=1S/C20H21N5O2/c1-12-13(2)21-20(23-19(12)27)25-17(11-16(24-25)15-8-9-15)22-18(26)10-14-6-4-3-5-7-14/h3-7,11,15H,8-10H2,1-2H3,(H,22,26)(H,21,23,27). The van der Waals surface area contributed by atoms with Gasteiger partial charge in [-0.25, -0.2) is 4.98 Å². The maximum atomic E-state index is 12.5. The van der Waals surface area contributed by atoms with Crippen molar-refractivity contribution in [3.05, 3.63) is 69.3 Å². The average molecular weight is 363 g/mol. The second kappa shape index (κ2) is 6.83. The highest BCUT2D eigenvalue weighted by Gasteiger charge is 2.28. The number of amides is 1. The molecule has 1 aliphatic carbocycles. The van der Waals surface area contributed by atoms with E-state index in [4.69, 9.17) is 0 Å². The molecular weight excluding hydrogens is 342 g/mol. The number of aromatic amines is 1. The number of aryl methyl sites for hydroxylation is 1. The molecule has 0 unspecified atom stereocenters. The summed E-state index contributed by atoms with van der Waals surface area (Å²) in [6, 6.07) is 11.4. The number of rotatable bonds is 5. The molecule has 0 atom stereocenters. The van der Waals surface area contributed by atoms with E-state index in [2.05, 4.69) is 20.4 Å². The first-order valence-corrected chi connectivity index (χ1v) is 9.03. The Labute approximate surface area is 156 Å². The highest BCUT2D eigenvalue weighted by molar-refractivity contribution is 5.91. The van der Waals surface area contributed by atoms with Crippen LogP contribution in [0.25, 0.3) is 5.95 Å². The summed E-state index contributed by atoms with van der Waals surface area (Å²) in [6.45, 7) is 3.51. The van der Waals surface area contributed by atoms with E-state index in [1.165, 1.54) is 4.68 Å². The number of anilines is 1. The quantitative estimate of drug-likeness (QED) is 0.729. The predicted molar refractivity (Wildman–Crippen MR) is 102 cm³/mol. The number of benzene rings is 1. The lowest BCUT2D eigenvalue weighted by Gasteiger charge is -2.09. The summed E-state index contributed by atoms with van der Waals surface area (Å²) in [7, 11) is 0. The van der Waals surface area contributed by atoms with Crippen LogP contribution in [0.15, 0.2) is 41.2 Å². The molecule has 27 heavy (non-hydrogen) atoms. The van der Waals surface area contributed by atoms with Crippen LogP contribution in [0.1, 0.15) is 41.3 Å². The molecule has 4 rings (SSSR count). The molecule has 1 amide bonds. The number of H-pyrrole nitrogens is 1. The molecule has 7 nitrogen and oxygen atoms in total. The Bertz CT molecular complexity index is 1050. The van der Waals surface area contributed by atoms with Crippen molar-refractivity contribution < 1.29 is 4.79 Å². The van der Waals surface area contributed by atoms with Crippen molar-refractivity contribution in [3.8, 4) is 5.95 Å². The molecule has 0 radical (unpaired) electrons. The Morgan fingerprint density at radius 3 is 2.67 bits per heavy atom. The molecule has 1 aliphatic rings. The van der Waals surface area contributed by atoms with Gasteiger partial charge in [0.25, 0.3) is 5.56 Å². The van der Waals surface area contributed by atoms with Crippen molar-refractivity contribution in [3.63, 3.8) is 0 Å². The van der Waals surface area contributed by atoms with Gasteiger partial charge >= 0.3 is 0 Å². The minimum atomic E-state index is -0.206. The number of carbonyl (C=O) groups is 1. The fourth-order valence-electron chi connectivity index (χ4n) is 2.93. The Balaban J connectivity index is 1.66. The summed E-state index contributed by atoms with van der Waals surface area (Å²) < 4.78 is 1.52. The minimum Gasteiger partial charge on any atom is -0.310 e. The molecule has 0 spiro atoms. The van der Waals surface area contributed by atoms with Gasteiger partial charge in [-0.3, -0.25) is 14.6 Å². The molecular formula is C20H21N5O2. The van der Waals surface area contributed by atoms with Crippen LogP contribution in [0.4, 0.5) is 5.82 Å². The van der Waals surface area contributed by atoms with Gasteiger partial charge in [0, 0.05) is 23.2 Å². The topological polar surface area (TPSA) is 92.7 Å². The van der Waals surface area contributed by atoms with Gasteiger partial charge in [0.15, 0.2) is 0 Å². The van der Waals surface area contributed by atoms with E-state index in [0.29, 0.717) is 28.9 Å². The average Bonchev–Trinajstić information content (AvgIpc) is 3.41. The zero-order valence-electron chi connectivity index (χ0n) is 15.3. The third-order valence-corrected chi connectivity index (χ3v) is 4.78. The van der Waals surface area contributed by atoms with Crippen LogP contribution >= 0.6 is 0 Å². The van der Waals surface area contributed by atoms with Crippen LogP contribution in [-0.2, 0) is 11.2 Å². The number of aromatic nitrogens is 4. The Kier molecular flexibility index (Phi) is 4.35. The first-order valence-electron chi connectivity index (χ1n) is 9.03. The highest BCUT2D eigenvalue weighted by atomic mass is 16.1. The maximum absolute atomic E-state index is 12.5. The van der Waals surface area contributed by atoms with Gasteiger partial charge in [0.1, 0.15) is 5.82 Å². The number of hydrogen-bond donors (Lipinski definition) is 2. The fraction of sp³-hybridized carbons (Fsp3) is 0.300. The third-order valence-electron chi connectivity index (χ3n) is 4.78. The lowest BCUT2D eigenvalue weighted by Crippen LogP contribution is -2.21. The first kappa shape index (κ1) is 17.2. The van der Waals surface area contributed by atoms with Gasteiger partial charge in [-0.15, -0.1) is 0 Å². The second-order valence-corrected chi connectivity index (χ2v) is 6.95. The predicted octanol–water partition coefficient (Wildman–Crippen LogP) is 2.63. The normalized spacial score (nSPS) is 13.6. The Hall–Kier alpha value is -3.22. The molecule has 1 fully saturated rings. The van der Waals surface area contributed by atoms with Gasteiger partial charge in [0.05, 0.1) is 12.1 Å². The molecule has 2 N–H and O–H groups in total. The zero-order chi connectivity index (χ0) is 19.0. The lowest BCUT2D eigenvalue weighted by molar-refractivity contribution is -0.115. The summed E-state index contributed by atoms with van der Waals surface area (Å²) >= 11 is 0. The molecule has 0 saturated heterocycles. The molecule has 0 bridgehead atoms. The third kappa shape index (κ3) is 3.67. The van der Waals surface area contributed by atoms with E-state index in [1.54, 1.807) is 13.8 Å². The van der Waals surface area contributed by atoms with Crippen LogP contribution in [0.2, 0.25) is 0 Å². The summed E-state index contributed by atoms with van der Waals surface area (Å²) in [5, 5.41) is 7.50. The molecule has 0 aliphatic heterocycles. The maximum Gasteiger partial charge on any atom is 0.255 e. The molecule has 2 heterocycles. The summed E-state index contributed by atoms with van der Waals surface area (Å²) in [5.74, 6) is 1.10. The van der Waals surface area contributed by atoms with Gasteiger partial charge in [-0.2, -0.15) is 9.78 Å². The van der Waals surface area contributed by atoms with E-state index in [9.17, 15) is 9.59 Å². The number of carbonyl (C=O) groups excluding carboxylic acids is 1. The number of nitrogens with zero attached hydrogens (tertiary/aromatic N) is 3. The molecule has 1 saturated carbocycles. The van der Waals surface area contributed by atoms with E-state index in [0.717, 1.165) is 24.1 Å². The van der Waals surface area contributed by atoms with E-state index in [-0.39, 0.29) is 17.9 Å². The largest absolute Gasteiger partial charge is 0.310 e. The van der Waals surface area contributed by atoms with Gasteiger partial charge < -0.3 is 5.32 Å². The summed E-state index contributed by atoms with van der Waals surface area (Å²) in [6.07, 6.45) is 2.44. The van der Waals surface area contributed by atoms with Crippen molar-refractivity contribution in [2.24, 2.45) is 0 Å². The molecule has 2 aromatic heterocycles. The summed E-state index contributed by atoms with van der Waals surface area (Å²) in [5.41, 5.74) is 2.84. The first-order chi connectivity index (χ1) is 13.0. The molecule has 138 valence electrons. The van der Waals surface area contributed by atoms with Gasteiger partial charge in [0.2, 0.25) is 11.9 Å². The SMILES string of the molecule is Cc1nc(-n2nc(C3CC3)cc2NC(=O)Cc2ccccc2)[nH]c(=O)c1C. The van der Waals surface area contributed by atoms with Crippen molar-refractivity contribution in [1.29, 1.82) is 0 Å². The molecule has 7 heteroatoms. The van der Waals surface area contributed by atoms with Crippen LogP contribution in [0.5, 0.6) is 0 Å². The van der Waals surface area contributed by atoms with E-state index >= 15 is 0 Å². The fourth-order valence-corrected chi connectivity index (χ4v) is 2.93. The van der Waals surface area contributed by atoms with Crippen molar-refractivity contribution in [2.75, 3.05) is 5.32 Å². The number of hydrogen-bond acceptors (Lipinski definition) is 4. The lowest BCUT2D eigenvalue weighted by atomic mass is 10.1. The smallest absolute Gasteiger partial charge is 0.255 e. The van der Waals surface area contributed by atoms with Crippen LogP contribution in [0.3, 0.4) is 0 Å². The van der Waals surface area contributed by atoms with Gasteiger partial charge in [-0.05, 0) is 32.3 Å². The summed E-state index contributed by atoms with van der Waals surface area (Å²) in [4.78, 5) is 31.8. The second-order valence-electron chi connectivity index (χ2n) is 6.95. The van der Waals surface area contributed by atoms with Crippen molar-refractivity contribution in [1.82, 2.24) is 19.7 Å². The van der Waals surface area contributed by atoms with E-state index in [1.807, 2.05) is 36.4 Å². The Morgan fingerprint density at radius 2 is 2.00 bits per heavy atom. The molecule has 1 aromatic carbocycles. The van der Waals surface area contributed by atoms with Gasteiger partial charge in [-0.1, -0.05) is 30.3 Å². The molecule has 3 aromatic rings. The van der Waals surface area contributed by atoms with Crippen molar-refractivity contribution >= 4 is 11.7 Å². The number of nitrogens with one attached hydrogen (secondary N) is 2. The van der Waals surface area contributed by atoms with Crippen LogP contribution in [-0.4, -0.2) is 25.7 Å². The Morgan fingerprint density at radius 1 is 1.26 bits per heavy atom. The van der Waals surface area contributed by atoms with E-state index < -0.39 is 0 Å². The van der Waals surface area contributed by atoms with Crippen LogP contribution in [0, 0.1) is 13.8 Å². The highest BCUT2D eigenvalue weighted by Crippen LogP contribution is 2.40. The van der Waals surface area contributed by atoms with Crippen LogP contribution < -0.4 is 10.9 Å². The zero-order valence-corrected chi connectivity index (χ0v) is 15.3. The monoisotopic (exact) mass is 363 g/mol. The minimum absolute atomic E-state index is 0.143.